The first-order valence-corrected chi connectivity index (χ1v) is 15.4. The van der Waals surface area contributed by atoms with Gasteiger partial charge < -0.3 is 20.1 Å². The number of nitrogens with one attached hydrogen (secondary N) is 1. The van der Waals surface area contributed by atoms with E-state index in [9.17, 15) is 9.59 Å². The summed E-state index contributed by atoms with van der Waals surface area (Å²) in [5, 5.41) is 13.1. The molecule has 10 nitrogen and oxygen atoms in total. The zero-order valence-corrected chi connectivity index (χ0v) is 26.0. The van der Waals surface area contributed by atoms with Crippen LogP contribution in [0.2, 0.25) is 0 Å². The lowest BCUT2D eigenvalue weighted by Crippen LogP contribution is -2.36. The molecule has 0 radical (unpaired) electrons. The van der Waals surface area contributed by atoms with Crippen molar-refractivity contribution in [2.75, 3.05) is 44.0 Å². The van der Waals surface area contributed by atoms with Crippen molar-refractivity contribution >= 4 is 34.5 Å². The normalized spacial score (nSPS) is 17.5. The van der Waals surface area contributed by atoms with Crippen LogP contribution < -0.4 is 15.0 Å². The van der Waals surface area contributed by atoms with E-state index in [1.54, 1.807) is 24.6 Å². The maximum atomic E-state index is 10.8. The predicted octanol–water partition coefficient (Wildman–Crippen LogP) is 5.44. The number of carbonyl (C=O) groups is 2. The number of likely N-dealkylation sites (tertiary alicyclic amines) is 1. The van der Waals surface area contributed by atoms with Crippen LogP contribution >= 0.6 is 11.3 Å². The Morgan fingerprint density at radius 3 is 2.40 bits per heavy atom. The summed E-state index contributed by atoms with van der Waals surface area (Å²) in [6.07, 6.45) is 8.72. The number of benzene rings is 1. The second-order valence-corrected chi connectivity index (χ2v) is 12.0. The lowest BCUT2D eigenvalue weighted by Gasteiger charge is -2.30. The molecule has 1 atom stereocenters. The van der Waals surface area contributed by atoms with Gasteiger partial charge in [0.15, 0.2) is 11.4 Å². The molecule has 42 heavy (non-hydrogen) atoms. The van der Waals surface area contributed by atoms with E-state index < -0.39 is 5.97 Å². The molecule has 1 aromatic carbocycles. The third kappa shape index (κ3) is 7.43. The van der Waals surface area contributed by atoms with Gasteiger partial charge in [-0.2, -0.15) is 0 Å². The van der Waals surface area contributed by atoms with E-state index in [0.29, 0.717) is 49.8 Å². The number of anilines is 2. The Kier molecular flexibility index (Phi) is 10.9. The summed E-state index contributed by atoms with van der Waals surface area (Å²) in [6.45, 7) is 10.0. The van der Waals surface area contributed by atoms with Crippen molar-refractivity contribution in [2.45, 2.75) is 65.5 Å². The highest BCUT2D eigenvalue weighted by molar-refractivity contribution is 7.16. The fourth-order valence-electron chi connectivity index (χ4n) is 5.86. The van der Waals surface area contributed by atoms with Crippen molar-refractivity contribution in [3.63, 3.8) is 0 Å². The number of carbonyl (C=O) groups excluding carboxylic acids is 1. The number of rotatable bonds is 9. The van der Waals surface area contributed by atoms with Crippen LogP contribution in [0.5, 0.6) is 5.75 Å². The highest BCUT2D eigenvalue weighted by atomic mass is 32.1. The average Bonchev–Trinajstić information content (AvgIpc) is 3.64. The van der Waals surface area contributed by atoms with Gasteiger partial charge in [-0.3, -0.25) is 14.5 Å². The van der Waals surface area contributed by atoms with Gasteiger partial charge in [-0.15, -0.1) is 11.3 Å². The molecule has 5 rings (SSSR count). The Bertz CT molecular complexity index is 1330. The first kappa shape index (κ1) is 31.4. The van der Waals surface area contributed by atoms with Gasteiger partial charge in [0.1, 0.15) is 17.3 Å². The number of nitrogens with zero attached hydrogens (tertiary/aromatic N) is 5. The van der Waals surface area contributed by atoms with E-state index in [4.69, 9.17) is 14.8 Å². The number of hydrogen-bond acceptors (Lipinski definition) is 10. The van der Waals surface area contributed by atoms with E-state index in [2.05, 4.69) is 53.1 Å². The quantitative estimate of drug-likeness (QED) is 0.310. The second-order valence-electron chi connectivity index (χ2n) is 10.9. The molecule has 11 heteroatoms. The number of aliphatic carboxylic acids is 1. The average molecular weight is 595 g/mol. The molecule has 1 unspecified atom stereocenters. The highest BCUT2D eigenvalue weighted by Crippen LogP contribution is 2.37. The van der Waals surface area contributed by atoms with Gasteiger partial charge in [0, 0.05) is 43.2 Å². The number of carboxylic acid groups (broad SMARTS) is 1. The maximum Gasteiger partial charge on any atom is 0.306 e. The van der Waals surface area contributed by atoms with Crippen molar-refractivity contribution in [1.82, 2.24) is 19.9 Å². The largest absolute Gasteiger partial charge is 0.496 e. The standard InChI is InChI=1S/C20H29N3OS.C11H13N3O3/c1-6-16-8-7-9-23(16)12-17-18(22-20(21-4)25-17)15-10-13(2)19(24-5)14(3)11-15;15-7-9-5-13-10(6-12-9)14-3-1-8(2-4-14)11(16)17/h10-11,16H,6-9,12H2,1-5H3,(H,21,22);5-8H,1-4H2,(H,16,17). The van der Waals surface area contributed by atoms with Gasteiger partial charge in [0.05, 0.1) is 31.1 Å². The number of methoxy groups -OCH3 is 1. The smallest absolute Gasteiger partial charge is 0.306 e. The summed E-state index contributed by atoms with van der Waals surface area (Å²) in [4.78, 5) is 40.1. The van der Waals surface area contributed by atoms with Crippen molar-refractivity contribution in [1.29, 1.82) is 0 Å². The van der Waals surface area contributed by atoms with Crippen LogP contribution in [-0.2, 0) is 11.3 Å². The van der Waals surface area contributed by atoms with Crippen LogP contribution in [0.15, 0.2) is 24.5 Å². The van der Waals surface area contributed by atoms with E-state index in [1.165, 1.54) is 42.4 Å². The molecular formula is C31H42N6O4S. The number of hydrogen-bond donors (Lipinski definition) is 2. The molecule has 0 aliphatic carbocycles. The van der Waals surface area contributed by atoms with Crippen LogP contribution in [0, 0.1) is 19.8 Å². The van der Waals surface area contributed by atoms with Gasteiger partial charge in [0.25, 0.3) is 0 Å². The Balaban J connectivity index is 0.000000208. The minimum absolute atomic E-state index is 0.256. The Morgan fingerprint density at radius 2 is 1.86 bits per heavy atom. The molecule has 2 saturated heterocycles. The molecule has 2 aliphatic heterocycles. The van der Waals surface area contributed by atoms with Crippen molar-refractivity contribution in [2.24, 2.45) is 5.92 Å². The van der Waals surface area contributed by atoms with Crippen LogP contribution in [0.1, 0.15) is 65.5 Å². The molecule has 226 valence electrons. The summed E-state index contributed by atoms with van der Waals surface area (Å²) >= 11 is 1.78. The van der Waals surface area contributed by atoms with Crippen LogP contribution in [0.25, 0.3) is 11.3 Å². The molecule has 0 saturated carbocycles. The van der Waals surface area contributed by atoms with E-state index in [-0.39, 0.29) is 5.92 Å². The zero-order valence-electron chi connectivity index (χ0n) is 25.2. The Hall–Kier alpha value is -3.57. The van der Waals surface area contributed by atoms with E-state index in [1.807, 2.05) is 11.9 Å². The summed E-state index contributed by atoms with van der Waals surface area (Å²) in [7, 11) is 3.68. The van der Waals surface area contributed by atoms with Gasteiger partial charge in [-0.1, -0.05) is 6.92 Å². The number of piperidine rings is 1. The predicted molar refractivity (Wildman–Crippen MR) is 167 cm³/mol. The molecule has 2 aromatic heterocycles. The first-order chi connectivity index (χ1) is 20.3. The van der Waals surface area contributed by atoms with Gasteiger partial charge in [-0.05, 0) is 75.8 Å². The minimum Gasteiger partial charge on any atom is -0.496 e. The number of thiazole rings is 1. The van der Waals surface area contributed by atoms with Gasteiger partial charge in [0.2, 0.25) is 0 Å². The topological polar surface area (TPSA) is 121 Å². The second kappa shape index (κ2) is 14.6. The van der Waals surface area contributed by atoms with Crippen molar-refractivity contribution in [3.8, 4) is 17.0 Å². The molecule has 0 bridgehead atoms. The van der Waals surface area contributed by atoms with Crippen molar-refractivity contribution < 1.29 is 19.4 Å². The molecule has 4 heterocycles. The fourth-order valence-corrected chi connectivity index (χ4v) is 6.82. The summed E-state index contributed by atoms with van der Waals surface area (Å²) in [5.74, 6) is 0.680. The third-order valence-corrected chi connectivity index (χ3v) is 9.17. The number of aryl methyl sites for hydroxylation is 2. The highest BCUT2D eigenvalue weighted by Gasteiger charge is 2.26. The molecule has 0 spiro atoms. The fraction of sp³-hybridized carbons (Fsp3) is 0.516. The number of ether oxygens (including phenoxy) is 1. The number of carboxylic acids is 1. The van der Waals surface area contributed by atoms with Crippen LogP contribution in [-0.4, -0.2) is 77.0 Å². The zero-order chi connectivity index (χ0) is 30.2. The monoisotopic (exact) mass is 594 g/mol. The SMILES string of the molecule is CCC1CCCN1Cc1sc(NC)nc1-c1cc(C)c(OC)c(C)c1.O=Cc1cnc(N2CCC(C(=O)O)CC2)cn1. The summed E-state index contributed by atoms with van der Waals surface area (Å²) in [6, 6.07) is 5.11. The number of aldehydes is 1. The van der Waals surface area contributed by atoms with Crippen LogP contribution in [0.3, 0.4) is 0 Å². The Morgan fingerprint density at radius 1 is 1.14 bits per heavy atom. The first-order valence-electron chi connectivity index (χ1n) is 14.6. The van der Waals surface area contributed by atoms with Gasteiger partial charge in [-0.25, -0.2) is 15.0 Å². The summed E-state index contributed by atoms with van der Waals surface area (Å²) in [5.41, 5.74) is 4.93. The van der Waals surface area contributed by atoms with Gasteiger partial charge >= 0.3 is 5.97 Å². The van der Waals surface area contributed by atoms with Crippen LogP contribution in [0.4, 0.5) is 10.9 Å². The van der Waals surface area contributed by atoms with Crippen molar-refractivity contribution in [3.05, 3.63) is 46.2 Å². The molecular weight excluding hydrogens is 552 g/mol. The third-order valence-electron chi connectivity index (χ3n) is 8.11. The molecule has 2 N–H and O–H groups in total. The maximum absolute atomic E-state index is 10.8. The number of aromatic nitrogens is 3. The molecule has 3 aromatic rings. The molecule has 2 aliphatic rings. The molecule has 2 fully saturated rings. The lowest BCUT2D eigenvalue weighted by atomic mass is 9.97. The van der Waals surface area contributed by atoms with E-state index >= 15 is 0 Å². The Labute approximate surface area is 252 Å². The lowest BCUT2D eigenvalue weighted by molar-refractivity contribution is -0.142. The minimum atomic E-state index is -0.730. The van der Waals surface area contributed by atoms with E-state index in [0.717, 1.165) is 34.2 Å². The molecule has 0 amide bonds. The summed E-state index contributed by atoms with van der Waals surface area (Å²) < 4.78 is 5.52.